The number of isocyanates is 1. The molecular formula is C9H6ClNO3. The maximum Gasteiger partial charge on any atom is 0.339 e. The van der Waals surface area contributed by atoms with Gasteiger partial charge in [-0.25, -0.2) is 9.59 Å². The highest BCUT2D eigenvalue weighted by atomic mass is 35.5. The summed E-state index contributed by atoms with van der Waals surface area (Å²) < 4.78 is 4.49. The number of benzene rings is 1. The lowest BCUT2D eigenvalue weighted by Crippen LogP contribution is -2.01. The van der Waals surface area contributed by atoms with Crippen molar-refractivity contribution < 1.29 is 14.3 Å². The zero-order valence-electron chi connectivity index (χ0n) is 7.28. The Kier molecular flexibility index (Phi) is 3.40. The second-order valence-electron chi connectivity index (χ2n) is 2.33. The van der Waals surface area contributed by atoms with E-state index in [1.54, 1.807) is 6.07 Å². The summed E-state index contributed by atoms with van der Waals surface area (Å²) in [5.74, 6) is -0.571. The van der Waals surface area contributed by atoms with Crippen LogP contribution in [0.2, 0.25) is 5.02 Å². The molecule has 0 spiro atoms. The quantitative estimate of drug-likeness (QED) is 0.428. The molecule has 1 aromatic carbocycles. The molecule has 14 heavy (non-hydrogen) atoms. The SMILES string of the molecule is COC(=O)c1cccc(N=C=O)c1Cl. The number of esters is 1. The Balaban J connectivity index is 3.26. The van der Waals surface area contributed by atoms with Crippen LogP contribution in [-0.2, 0) is 9.53 Å². The first-order chi connectivity index (χ1) is 6.70. The van der Waals surface area contributed by atoms with Gasteiger partial charge in [-0.3, -0.25) is 0 Å². The maximum absolute atomic E-state index is 11.1. The Morgan fingerprint density at radius 1 is 1.57 bits per heavy atom. The van der Waals surface area contributed by atoms with E-state index < -0.39 is 5.97 Å². The number of methoxy groups -OCH3 is 1. The lowest BCUT2D eigenvalue weighted by atomic mass is 10.2. The second-order valence-corrected chi connectivity index (χ2v) is 2.71. The topological polar surface area (TPSA) is 55.7 Å². The standard InChI is InChI=1S/C9H6ClNO3/c1-14-9(13)6-3-2-4-7(8(6)10)11-5-12/h2-4H,1H3. The number of rotatable bonds is 2. The normalized spacial score (nSPS) is 9.00. The number of halogens is 1. The first kappa shape index (κ1) is 10.4. The highest BCUT2D eigenvalue weighted by Gasteiger charge is 2.12. The predicted octanol–water partition coefficient (Wildman–Crippen LogP) is 2.09. The van der Waals surface area contributed by atoms with Crippen molar-refractivity contribution in [2.75, 3.05) is 7.11 Å². The van der Waals surface area contributed by atoms with Gasteiger partial charge in [0.05, 0.1) is 23.4 Å². The summed E-state index contributed by atoms with van der Waals surface area (Å²) in [5, 5.41) is 0.0858. The van der Waals surface area contributed by atoms with Crippen LogP contribution in [0.5, 0.6) is 0 Å². The third kappa shape index (κ3) is 1.99. The highest BCUT2D eigenvalue weighted by Crippen LogP contribution is 2.28. The summed E-state index contributed by atoms with van der Waals surface area (Å²) in [5.41, 5.74) is 0.371. The number of hydrogen-bond acceptors (Lipinski definition) is 4. The number of nitrogens with zero attached hydrogens (tertiary/aromatic N) is 1. The molecule has 0 heterocycles. The lowest BCUT2D eigenvalue weighted by Gasteiger charge is -2.02. The fourth-order valence-corrected chi connectivity index (χ4v) is 1.17. The monoisotopic (exact) mass is 211 g/mol. The molecule has 0 bridgehead atoms. The number of carbonyl (C=O) groups excluding carboxylic acids is 2. The van der Waals surface area contributed by atoms with Crippen LogP contribution in [-0.4, -0.2) is 19.2 Å². The number of carbonyl (C=O) groups is 1. The van der Waals surface area contributed by atoms with Gasteiger partial charge < -0.3 is 4.74 Å². The molecule has 0 aliphatic carbocycles. The van der Waals surface area contributed by atoms with Crippen LogP contribution in [0.1, 0.15) is 10.4 Å². The second kappa shape index (κ2) is 4.56. The summed E-state index contributed by atoms with van der Waals surface area (Å²) >= 11 is 5.79. The number of hydrogen-bond donors (Lipinski definition) is 0. The van der Waals surface area contributed by atoms with Crippen molar-refractivity contribution in [2.24, 2.45) is 4.99 Å². The average Bonchev–Trinajstić information content (AvgIpc) is 2.20. The van der Waals surface area contributed by atoms with Crippen molar-refractivity contribution in [1.29, 1.82) is 0 Å². The fraction of sp³-hybridized carbons (Fsp3) is 0.111. The van der Waals surface area contributed by atoms with E-state index in [1.165, 1.54) is 25.3 Å². The minimum Gasteiger partial charge on any atom is -0.465 e. The number of aliphatic imine (C=N–C) groups is 1. The molecule has 0 fully saturated rings. The number of ether oxygens (including phenoxy) is 1. The Labute approximate surface area is 85.2 Å². The molecule has 0 amide bonds. The van der Waals surface area contributed by atoms with Crippen LogP contribution >= 0.6 is 11.6 Å². The highest BCUT2D eigenvalue weighted by molar-refractivity contribution is 6.36. The van der Waals surface area contributed by atoms with Gasteiger partial charge in [-0.05, 0) is 12.1 Å². The molecule has 0 aliphatic heterocycles. The molecule has 0 N–H and O–H groups in total. The molecule has 0 aromatic heterocycles. The molecule has 4 nitrogen and oxygen atoms in total. The lowest BCUT2D eigenvalue weighted by molar-refractivity contribution is 0.0601. The minimum atomic E-state index is -0.571. The van der Waals surface area contributed by atoms with E-state index in [2.05, 4.69) is 9.73 Å². The van der Waals surface area contributed by atoms with Crippen molar-refractivity contribution in [3.63, 3.8) is 0 Å². The third-order valence-corrected chi connectivity index (χ3v) is 1.95. The maximum atomic E-state index is 11.1. The van der Waals surface area contributed by atoms with Gasteiger partial charge in [0, 0.05) is 0 Å². The molecule has 0 saturated carbocycles. The summed E-state index contributed by atoms with van der Waals surface area (Å²) in [6, 6.07) is 4.53. The third-order valence-electron chi connectivity index (χ3n) is 1.55. The first-order valence-electron chi connectivity index (χ1n) is 3.65. The zero-order chi connectivity index (χ0) is 10.6. The van der Waals surface area contributed by atoms with Crippen molar-refractivity contribution >= 4 is 29.3 Å². The summed E-state index contributed by atoms with van der Waals surface area (Å²) in [4.78, 5) is 24.5. The largest absolute Gasteiger partial charge is 0.465 e. The first-order valence-corrected chi connectivity index (χ1v) is 4.03. The van der Waals surface area contributed by atoms with E-state index in [4.69, 9.17) is 11.6 Å². The summed E-state index contributed by atoms with van der Waals surface area (Å²) in [6.45, 7) is 0. The Morgan fingerprint density at radius 3 is 2.86 bits per heavy atom. The molecule has 1 rings (SSSR count). The average molecular weight is 212 g/mol. The van der Waals surface area contributed by atoms with Crippen LogP contribution in [0.3, 0.4) is 0 Å². The molecule has 1 aromatic rings. The van der Waals surface area contributed by atoms with Gasteiger partial charge >= 0.3 is 5.97 Å². The van der Waals surface area contributed by atoms with Gasteiger partial charge in [-0.1, -0.05) is 17.7 Å². The molecule has 0 saturated heterocycles. The Morgan fingerprint density at radius 2 is 2.29 bits per heavy atom. The van der Waals surface area contributed by atoms with E-state index >= 15 is 0 Å². The van der Waals surface area contributed by atoms with Gasteiger partial charge in [-0.2, -0.15) is 4.99 Å². The van der Waals surface area contributed by atoms with Crippen LogP contribution in [0, 0.1) is 0 Å². The van der Waals surface area contributed by atoms with E-state index in [0.29, 0.717) is 0 Å². The van der Waals surface area contributed by atoms with E-state index in [1.807, 2.05) is 0 Å². The fourth-order valence-electron chi connectivity index (χ4n) is 0.923. The van der Waals surface area contributed by atoms with E-state index in [-0.39, 0.29) is 16.3 Å². The summed E-state index contributed by atoms with van der Waals surface area (Å²) in [7, 11) is 1.24. The van der Waals surface area contributed by atoms with Crippen LogP contribution in [0.25, 0.3) is 0 Å². The van der Waals surface area contributed by atoms with Crippen LogP contribution < -0.4 is 0 Å². The zero-order valence-corrected chi connectivity index (χ0v) is 8.04. The van der Waals surface area contributed by atoms with Crippen LogP contribution in [0.4, 0.5) is 5.69 Å². The molecule has 5 heteroatoms. The van der Waals surface area contributed by atoms with E-state index in [0.717, 1.165) is 0 Å². The molecule has 72 valence electrons. The molecule has 0 radical (unpaired) electrons. The Bertz CT molecular complexity index is 411. The predicted molar refractivity (Wildman–Crippen MR) is 50.6 cm³/mol. The van der Waals surface area contributed by atoms with Gasteiger partial charge in [0.15, 0.2) is 0 Å². The summed E-state index contributed by atoms with van der Waals surface area (Å²) in [6.07, 6.45) is 1.35. The molecular weight excluding hydrogens is 206 g/mol. The molecule has 0 atom stereocenters. The Hall–Kier alpha value is -1.64. The van der Waals surface area contributed by atoms with Gasteiger partial charge in [-0.15, -0.1) is 0 Å². The van der Waals surface area contributed by atoms with Gasteiger partial charge in [0.1, 0.15) is 0 Å². The molecule has 0 unspecified atom stereocenters. The van der Waals surface area contributed by atoms with E-state index in [9.17, 15) is 9.59 Å². The van der Waals surface area contributed by atoms with Gasteiger partial charge in [0.2, 0.25) is 6.08 Å². The van der Waals surface area contributed by atoms with Gasteiger partial charge in [0.25, 0.3) is 0 Å². The van der Waals surface area contributed by atoms with Crippen molar-refractivity contribution in [1.82, 2.24) is 0 Å². The minimum absolute atomic E-state index is 0.0858. The van der Waals surface area contributed by atoms with Crippen molar-refractivity contribution in [2.45, 2.75) is 0 Å². The smallest absolute Gasteiger partial charge is 0.339 e. The van der Waals surface area contributed by atoms with Crippen molar-refractivity contribution in [3.8, 4) is 0 Å². The molecule has 0 aliphatic rings. The van der Waals surface area contributed by atoms with Crippen LogP contribution in [0.15, 0.2) is 23.2 Å². The van der Waals surface area contributed by atoms with Crippen molar-refractivity contribution in [3.05, 3.63) is 28.8 Å².